The summed E-state index contributed by atoms with van der Waals surface area (Å²) < 4.78 is 11.4. The molecule has 1 aliphatic rings. The number of ether oxygens (including phenoxy) is 2. The summed E-state index contributed by atoms with van der Waals surface area (Å²) >= 11 is 0. The molecule has 4 nitrogen and oxygen atoms in total. The molecule has 1 saturated carbocycles. The van der Waals surface area contributed by atoms with E-state index in [0.29, 0.717) is 5.92 Å². The van der Waals surface area contributed by atoms with Crippen LogP contribution >= 0.6 is 0 Å². The first-order valence-electron chi connectivity index (χ1n) is 9.44. The maximum atomic E-state index is 10.6. The fourth-order valence-corrected chi connectivity index (χ4v) is 3.51. The van der Waals surface area contributed by atoms with Crippen molar-refractivity contribution in [3.8, 4) is 22.6 Å². The zero-order valence-corrected chi connectivity index (χ0v) is 15.5. The van der Waals surface area contributed by atoms with Crippen LogP contribution in [0.4, 0.5) is 0 Å². The van der Waals surface area contributed by atoms with Gasteiger partial charge < -0.3 is 14.6 Å². The lowest BCUT2D eigenvalue weighted by atomic mass is 9.77. The number of para-hydroxylation sites is 2. The SMILES string of the molecule is O=C(O)COC1CC(c2ccc(-c3ccccc3Oc3ccccc3)cc2)C1. The van der Waals surface area contributed by atoms with Crippen molar-refractivity contribution in [1.82, 2.24) is 0 Å². The molecule has 0 aromatic heterocycles. The zero-order chi connectivity index (χ0) is 19.3. The highest BCUT2D eigenvalue weighted by Crippen LogP contribution is 2.40. The highest BCUT2D eigenvalue weighted by Gasteiger charge is 2.31. The monoisotopic (exact) mass is 374 g/mol. The molecule has 0 saturated heterocycles. The van der Waals surface area contributed by atoms with Crippen LogP contribution in [0.25, 0.3) is 11.1 Å². The predicted molar refractivity (Wildman–Crippen MR) is 108 cm³/mol. The van der Waals surface area contributed by atoms with Gasteiger partial charge in [0.25, 0.3) is 0 Å². The first-order valence-corrected chi connectivity index (χ1v) is 9.44. The molecule has 28 heavy (non-hydrogen) atoms. The molecule has 0 bridgehead atoms. The van der Waals surface area contributed by atoms with Gasteiger partial charge in [0.05, 0.1) is 6.10 Å². The number of hydrogen-bond donors (Lipinski definition) is 1. The van der Waals surface area contributed by atoms with Crippen molar-refractivity contribution in [2.45, 2.75) is 24.9 Å². The molecule has 0 heterocycles. The molecule has 1 N–H and O–H groups in total. The number of hydrogen-bond acceptors (Lipinski definition) is 3. The molecule has 4 heteroatoms. The van der Waals surface area contributed by atoms with Gasteiger partial charge in [-0.2, -0.15) is 0 Å². The minimum Gasteiger partial charge on any atom is -0.480 e. The van der Waals surface area contributed by atoms with Crippen LogP contribution in [0.5, 0.6) is 11.5 Å². The van der Waals surface area contributed by atoms with E-state index in [2.05, 4.69) is 30.3 Å². The van der Waals surface area contributed by atoms with Gasteiger partial charge >= 0.3 is 5.97 Å². The predicted octanol–water partition coefficient (Wildman–Crippen LogP) is 5.49. The lowest BCUT2D eigenvalue weighted by Crippen LogP contribution is -2.31. The normalized spacial score (nSPS) is 18.3. The largest absolute Gasteiger partial charge is 0.480 e. The molecule has 3 aromatic carbocycles. The second-order valence-electron chi connectivity index (χ2n) is 7.03. The van der Waals surface area contributed by atoms with E-state index in [1.165, 1.54) is 5.56 Å². The average molecular weight is 374 g/mol. The minimum atomic E-state index is -0.913. The third kappa shape index (κ3) is 4.24. The zero-order valence-electron chi connectivity index (χ0n) is 15.5. The molecule has 0 unspecified atom stereocenters. The summed E-state index contributed by atoms with van der Waals surface area (Å²) in [6.45, 7) is -0.214. The van der Waals surface area contributed by atoms with E-state index in [-0.39, 0.29) is 12.7 Å². The molecule has 1 aliphatic carbocycles. The van der Waals surface area contributed by atoms with Gasteiger partial charge in [-0.05, 0) is 48.1 Å². The summed E-state index contributed by atoms with van der Waals surface area (Å²) in [6, 6.07) is 26.3. The number of carboxylic acid groups (broad SMARTS) is 1. The Morgan fingerprint density at radius 3 is 2.29 bits per heavy atom. The summed E-state index contributed by atoms with van der Waals surface area (Å²) in [5.74, 6) is 1.16. The van der Waals surface area contributed by atoms with Crippen molar-refractivity contribution < 1.29 is 19.4 Å². The van der Waals surface area contributed by atoms with E-state index in [1.807, 2.05) is 48.5 Å². The van der Waals surface area contributed by atoms with Crippen LogP contribution in [0.1, 0.15) is 24.3 Å². The molecule has 0 amide bonds. The van der Waals surface area contributed by atoms with E-state index < -0.39 is 5.97 Å². The van der Waals surface area contributed by atoms with Gasteiger partial charge in [-0.1, -0.05) is 60.7 Å². The second kappa shape index (κ2) is 8.28. The molecule has 4 rings (SSSR count). The van der Waals surface area contributed by atoms with Crippen LogP contribution in [-0.2, 0) is 9.53 Å². The third-order valence-electron chi connectivity index (χ3n) is 5.09. The van der Waals surface area contributed by atoms with Crippen molar-refractivity contribution in [3.05, 3.63) is 84.4 Å². The highest BCUT2D eigenvalue weighted by molar-refractivity contribution is 5.71. The first kappa shape index (κ1) is 18.3. The van der Waals surface area contributed by atoms with Gasteiger partial charge in [0.15, 0.2) is 0 Å². The first-order chi connectivity index (χ1) is 13.7. The summed E-state index contributed by atoms with van der Waals surface area (Å²) in [5, 5.41) is 8.68. The third-order valence-corrected chi connectivity index (χ3v) is 5.09. The molecular formula is C24H22O4. The fraction of sp³-hybridized carbons (Fsp3) is 0.208. The Labute approximate surface area is 164 Å². The Hall–Kier alpha value is -3.11. The average Bonchev–Trinajstić information content (AvgIpc) is 2.68. The van der Waals surface area contributed by atoms with E-state index in [4.69, 9.17) is 14.6 Å². The Morgan fingerprint density at radius 1 is 0.893 bits per heavy atom. The van der Waals surface area contributed by atoms with E-state index >= 15 is 0 Å². The summed E-state index contributed by atoms with van der Waals surface area (Å²) in [7, 11) is 0. The molecular weight excluding hydrogens is 352 g/mol. The van der Waals surface area contributed by atoms with Crippen LogP contribution in [0.15, 0.2) is 78.9 Å². The maximum absolute atomic E-state index is 10.6. The summed E-state index contributed by atoms with van der Waals surface area (Å²) in [6.07, 6.45) is 1.81. The lowest BCUT2D eigenvalue weighted by molar-refractivity contribution is -0.146. The Bertz CT molecular complexity index is 928. The van der Waals surface area contributed by atoms with Gasteiger partial charge in [-0.3, -0.25) is 0 Å². The molecule has 142 valence electrons. The van der Waals surface area contributed by atoms with Crippen LogP contribution in [0.3, 0.4) is 0 Å². The highest BCUT2D eigenvalue weighted by atomic mass is 16.5. The van der Waals surface area contributed by atoms with Crippen LogP contribution in [0, 0.1) is 0 Å². The number of rotatable bonds is 7. The number of carboxylic acids is 1. The summed E-state index contributed by atoms with van der Waals surface area (Å²) in [5.41, 5.74) is 3.42. The fourth-order valence-electron chi connectivity index (χ4n) is 3.51. The van der Waals surface area contributed by atoms with Gasteiger partial charge in [-0.25, -0.2) is 4.79 Å². The Balaban J connectivity index is 1.44. The summed E-state index contributed by atoms with van der Waals surface area (Å²) in [4.78, 5) is 10.6. The smallest absolute Gasteiger partial charge is 0.329 e. The van der Waals surface area contributed by atoms with Crippen molar-refractivity contribution >= 4 is 5.97 Å². The van der Waals surface area contributed by atoms with Crippen molar-refractivity contribution in [2.24, 2.45) is 0 Å². The van der Waals surface area contributed by atoms with E-state index in [1.54, 1.807) is 0 Å². The van der Waals surface area contributed by atoms with Crippen LogP contribution in [-0.4, -0.2) is 23.8 Å². The van der Waals surface area contributed by atoms with Crippen LogP contribution < -0.4 is 4.74 Å². The topological polar surface area (TPSA) is 55.8 Å². The Kier molecular flexibility index (Phi) is 5.40. The van der Waals surface area contributed by atoms with E-state index in [9.17, 15) is 4.79 Å². The van der Waals surface area contributed by atoms with Crippen molar-refractivity contribution in [1.29, 1.82) is 0 Å². The lowest BCUT2D eigenvalue weighted by Gasteiger charge is -2.35. The Morgan fingerprint density at radius 2 is 1.57 bits per heavy atom. The standard InChI is InChI=1S/C24H22O4/c25-24(26)16-27-21-14-19(15-21)17-10-12-18(13-11-17)22-8-4-5-9-23(22)28-20-6-2-1-3-7-20/h1-13,19,21H,14-16H2,(H,25,26). The number of carbonyl (C=O) groups is 1. The molecule has 0 atom stereocenters. The van der Waals surface area contributed by atoms with Gasteiger partial charge in [0, 0.05) is 5.56 Å². The van der Waals surface area contributed by atoms with Gasteiger partial charge in [0.1, 0.15) is 18.1 Å². The molecule has 0 aliphatic heterocycles. The minimum absolute atomic E-state index is 0.0563. The van der Waals surface area contributed by atoms with Gasteiger partial charge in [0.2, 0.25) is 0 Å². The maximum Gasteiger partial charge on any atom is 0.329 e. The van der Waals surface area contributed by atoms with Crippen LogP contribution in [0.2, 0.25) is 0 Å². The van der Waals surface area contributed by atoms with E-state index in [0.717, 1.165) is 35.5 Å². The quantitative estimate of drug-likeness (QED) is 0.594. The molecule has 0 spiro atoms. The van der Waals surface area contributed by atoms with Crippen molar-refractivity contribution in [3.63, 3.8) is 0 Å². The number of benzene rings is 3. The molecule has 1 fully saturated rings. The number of aliphatic carboxylic acids is 1. The molecule has 0 radical (unpaired) electrons. The molecule has 3 aromatic rings. The van der Waals surface area contributed by atoms with Gasteiger partial charge in [-0.15, -0.1) is 0 Å². The van der Waals surface area contributed by atoms with Crippen molar-refractivity contribution in [2.75, 3.05) is 6.61 Å². The second-order valence-corrected chi connectivity index (χ2v) is 7.03.